The quantitative estimate of drug-likeness (QED) is 0.878. The lowest BCUT2D eigenvalue weighted by Gasteiger charge is -2.36. The smallest absolute Gasteiger partial charge is 0.272 e. The summed E-state index contributed by atoms with van der Waals surface area (Å²) in [4.78, 5) is 47.3. The van der Waals surface area contributed by atoms with Crippen LogP contribution in [0.4, 0.5) is 0 Å². The van der Waals surface area contributed by atoms with E-state index in [0.717, 1.165) is 12.8 Å². The van der Waals surface area contributed by atoms with Gasteiger partial charge in [0.05, 0.1) is 5.56 Å². The lowest BCUT2D eigenvalue weighted by Crippen LogP contribution is -2.47. The van der Waals surface area contributed by atoms with E-state index in [1.54, 1.807) is 30.5 Å². The number of piperidine rings is 1. The van der Waals surface area contributed by atoms with E-state index in [0.29, 0.717) is 30.9 Å². The van der Waals surface area contributed by atoms with Gasteiger partial charge in [-0.2, -0.15) is 0 Å². The first-order valence-corrected chi connectivity index (χ1v) is 8.82. The molecule has 7 nitrogen and oxygen atoms in total. The van der Waals surface area contributed by atoms with Crippen LogP contribution in [0.2, 0.25) is 0 Å². The highest BCUT2D eigenvalue weighted by Crippen LogP contribution is 2.29. The molecule has 3 aliphatic heterocycles. The Morgan fingerprint density at radius 1 is 1.04 bits per heavy atom. The minimum atomic E-state index is -0.230. The zero-order valence-corrected chi connectivity index (χ0v) is 14.3. The average molecular weight is 352 g/mol. The van der Waals surface area contributed by atoms with E-state index < -0.39 is 0 Å². The summed E-state index contributed by atoms with van der Waals surface area (Å²) < 4.78 is 0. The number of hydrogen-bond acceptors (Lipinski definition) is 4. The Morgan fingerprint density at radius 3 is 2.65 bits per heavy atom. The molecule has 2 amide bonds. The minimum absolute atomic E-state index is 0.0131. The molecule has 3 aliphatic rings. The Balaban J connectivity index is 1.55. The van der Waals surface area contributed by atoms with E-state index >= 15 is 0 Å². The van der Waals surface area contributed by atoms with Crippen molar-refractivity contribution < 1.29 is 9.59 Å². The summed E-state index contributed by atoms with van der Waals surface area (Å²) in [6.07, 6.45) is 4.96. The number of nitrogens with zero attached hydrogens (tertiary/aromatic N) is 3. The molecule has 3 fully saturated rings. The molecular weight excluding hydrogens is 332 g/mol. The van der Waals surface area contributed by atoms with Gasteiger partial charge in [-0.1, -0.05) is 6.07 Å². The SMILES string of the molecule is O=C(c1ccccn1)N1C[C@@H]2CC[C@H](C1)N(C(=O)c1ccc(=O)[nH]c1)C2. The van der Waals surface area contributed by atoms with Crippen molar-refractivity contribution in [1.29, 1.82) is 0 Å². The number of hydrogen-bond donors (Lipinski definition) is 1. The van der Waals surface area contributed by atoms with Crippen molar-refractivity contribution in [2.75, 3.05) is 19.6 Å². The van der Waals surface area contributed by atoms with Crippen LogP contribution in [0.3, 0.4) is 0 Å². The number of amides is 2. The monoisotopic (exact) mass is 352 g/mol. The summed E-state index contributed by atoms with van der Waals surface area (Å²) in [5.41, 5.74) is 0.679. The summed E-state index contributed by atoms with van der Waals surface area (Å²) in [5.74, 6) is 0.0806. The molecule has 134 valence electrons. The van der Waals surface area contributed by atoms with Crippen molar-refractivity contribution in [3.05, 3.63) is 64.3 Å². The van der Waals surface area contributed by atoms with E-state index in [9.17, 15) is 14.4 Å². The van der Waals surface area contributed by atoms with Gasteiger partial charge in [-0.25, -0.2) is 0 Å². The second-order valence-corrected chi connectivity index (χ2v) is 6.92. The maximum Gasteiger partial charge on any atom is 0.272 e. The number of pyridine rings is 2. The third-order valence-electron chi connectivity index (χ3n) is 5.18. The van der Waals surface area contributed by atoms with Crippen molar-refractivity contribution in [3.63, 3.8) is 0 Å². The van der Waals surface area contributed by atoms with Crippen molar-refractivity contribution in [2.24, 2.45) is 5.92 Å². The van der Waals surface area contributed by atoms with Gasteiger partial charge < -0.3 is 14.8 Å². The van der Waals surface area contributed by atoms with Gasteiger partial charge >= 0.3 is 0 Å². The highest BCUT2D eigenvalue weighted by molar-refractivity contribution is 5.95. The molecule has 2 atom stereocenters. The van der Waals surface area contributed by atoms with Gasteiger partial charge in [-0.3, -0.25) is 19.4 Å². The molecule has 2 aromatic heterocycles. The molecule has 26 heavy (non-hydrogen) atoms. The van der Waals surface area contributed by atoms with Crippen LogP contribution in [0, 0.1) is 5.92 Å². The van der Waals surface area contributed by atoms with E-state index in [1.165, 1.54) is 12.3 Å². The molecule has 2 aromatic rings. The van der Waals surface area contributed by atoms with Crippen LogP contribution < -0.4 is 5.56 Å². The van der Waals surface area contributed by atoms with Crippen molar-refractivity contribution in [2.45, 2.75) is 18.9 Å². The normalized spacial score (nSPS) is 22.2. The van der Waals surface area contributed by atoms with E-state index in [-0.39, 0.29) is 29.3 Å². The van der Waals surface area contributed by atoms with Gasteiger partial charge in [-0.15, -0.1) is 0 Å². The Kier molecular flexibility index (Phi) is 4.28. The lowest BCUT2D eigenvalue weighted by atomic mass is 9.94. The van der Waals surface area contributed by atoms with Crippen LogP contribution in [0.1, 0.15) is 33.7 Å². The molecule has 0 aliphatic carbocycles. The van der Waals surface area contributed by atoms with Crippen LogP contribution >= 0.6 is 0 Å². The second-order valence-electron chi connectivity index (χ2n) is 6.92. The largest absolute Gasteiger partial charge is 0.335 e. The molecular formula is C19H20N4O3. The average Bonchev–Trinajstić information content (AvgIpc) is 3.00. The van der Waals surface area contributed by atoms with Crippen LogP contribution in [-0.4, -0.2) is 57.3 Å². The first kappa shape index (κ1) is 16.5. The Labute approximate surface area is 150 Å². The molecule has 0 aromatic carbocycles. The molecule has 5 rings (SSSR count). The summed E-state index contributed by atoms with van der Waals surface area (Å²) in [6, 6.07) is 8.21. The minimum Gasteiger partial charge on any atom is -0.335 e. The lowest BCUT2D eigenvalue weighted by molar-refractivity contribution is 0.0573. The summed E-state index contributed by atoms with van der Waals surface area (Å²) in [6.45, 7) is 1.79. The molecule has 7 heteroatoms. The fourth-order valence-electron chi connectivity index (χ4n) is 3.86. The maximum atomic E-state index is 12.9. The van der Waals surface area contributed by atoms with Gasteiger partial charge in [0.15, 0.2) is 0 Å². The topological polar surface area (TPSA) is 86.4 Å². The molecule has 0 spiro atoms. The Morgan fingerprint density at radius 2 is 1.92 bits per heavy atom. The summed E-state index contributed by atoms with van der Waals surface area (Å²) >= 11 is 0. The van der Waals surface area contributed by atoms with Crippen molar-refractivity contribution >= 4 is 11.8 Å². The first-order valence-electron chi connectivity index (χ1n) is 8.82. The highest BCUT2D eigenvalue weighted by atomic mass is 16.2. The fraction of sp³-hybridized carbons (Fsp3) is 0.368. The van der Waals surface area contributed by atoms with E-state index in [2.05, 4.69) is 9.97 Å². The molecule has 5 heterocycles. The number of H-pyrrole nitrogens is 1. The highest BCUT2D eigenvalue weighted by Gasteiger charge is 2.39. The van der Waals surface area contributed by atoms with Crippen LogP contribution in [0.25, 0.3) is 0 Å². The number of carbonyl (C=O) groups excluding carboxylic acids is 2. The predicted molar refractivity (Wildman–Crippen MR) is 94.8 cm³/mol. The summed E-state index contributed by atoms with van der Waals surface area (Å²) in [5, 5.41) is 0. The van der Waals surface area contributed by atoms with Crippen LogP contribution in [0.5, 0.6) is 0 Å². The Hall–Kier alpha value is -2.96. The van der Waals surface area contributed by atoms with Crippen molar-refractivity contribution in [3.8, 4) is 0 Å². The molecule has 0 saturated carbocycles. The third kappa shape index (κ3) is 3.12. The van der Waals surface area contributed by atoms with Gasteiger partial charge in [0.1, 0.15) is 5.69 Å². The van der Waals surface area contributed by atoms with Crippen molar-refractivity contribution in [1.82, 2.24) is 19.8 Å². The second kappa shape index (κ2) is 6.74. The fourth-order valence-corrected chi connectivity index (χ4v) is 3.86. The number of aromatic nitrogens is 2. The molecule has 0 unspecified atom stereocenters. The Bertz CT molecular complexity index is 859. The zero-order chi connectivity index (χ0) is 18.1. The van der Waals surface area contributed by atoms with Gasteiger partial charge in [0.25, 0.3) is 11.8 Å². The van der Waals surface area contributed by atoms with Gasteiger partial charge in [0.2, 0.25) is 5.56 Å². The van der Waals surface area contributed by atoms with E-state index in [4.69, 9.17) is 0 Å². The van der Waals surface area contributed by atoms with Crippen LogP contribution in [-0.2, 0) is 0 Å². The van der Waals surface area contributed by atoms with Gasteiger partial charge in [0, 0.05) is 44.1 Å². The third-order valence-corrected chi connectivity index (χ3v) is 5.18. The number of nitrogens with one attached hydrogen (secondary N) is 1. The van der Waals surface area contributed by atoms with Crippen LogP contribution in [0.15, 0.2) is 47.5 Å². The molecule has 0 radical (unpaired) electrons. The molecule has 2 bridgehead atoms. The summed E-state index contributed by atoms with van der Waals surface area (Å²) in [7, 11) is 0. The predicted octanol–water partition coefficient (Wildman–Crippen LogP) is 1.15. The number of rotatable bonds is 2. The standard InChI is InChI=1S/C19H20N4O3/c24-17-7-5-14(9-21-17)18(25)23-11-13-4-6-15(23)12-22(10-13)19(26)16-3-1-2-8-20-16/h1-3,5,7-9,13,15H,4,6,10-12H2,(H,21,24)/t13-,15+/m0/s1. The first-order chi connectivity index (χ1) is 12.6. The molecule has 1 N–H and O–H groups in total. The number of aromatic amines is 1. The van der Waals surface area contributed by atoms with Gasteiger partial charge in [-0.05, 0) is 37.0 Å². The zero-order valence-electron chi connectivity index (χ0n) is 14.3. The maximum absolute atomic E-state index is 12.9. The van der Waals surface area contributed by atoms with E-state index in [1.807, 2.05) is 9.80 Å². The number of fused-ring (bicyclic) bond motifs is 4. The molecule has 3 saturated heterocycles. The number of carbonyl (C=O) groups is 2.